The minimum Gasteiger partial charge on any atom is -0.483 e. The van der Waals surface area contributed by atoms with E-state index in [1.54, 1.807) is 11.0 Å². The van der Waals surface area contributed by atoms with Gasteiger partial charge in [0, 0.05) is 31.4 Å². The highest BCUT2D eigenvalue weighted by atomic mass is 16.3. The van der Waals surface area contributed by atoms with Gasteiger partial charge in [-0.25, -0.2) is 0 Å². The fraction of sp³-hybridized carbons (Fsp3) is 0.560. The average Bonchev–Trinajstić information content (AvgIpc) is 3.14. The molecule has 1 atom stereocenters. The summed E-state index contributed by atoms with van der Waals surface area (Å²) in [5.74, 6) is -0.573. The van der Waals surface area contributed by atoms with Crippen molar-refractivity contribution < 1.29 is 29.1 Å². The zero-order chi connectivity index (χ0) is 25.1. The molecule has 34 heavy (non-hydrogen) atoms. The number of benzene rings is 1. The molecule has 0 aromatic heterocycles. The van der Waals surface area contributed by atoms with E-state index in [1.807, 2.05) is 12.1 Å². The maximum Gasteiger partial charge on any atom is 0.290 e. The number of imide groups is 1. The van der Waals surface area contributed by atoms with Gasteiger partial charge >= 0.3 is 0 Å². The number of carboxylic acid groups (broad SMARTS) is 1. The van der Waals surface area contributed by atoms with Crippen LogP contribution in [0.4, 0.5) is 0 Å². The van der Waals surface area contributed by atoms with Crippen molar-refractivity contribution in [1.82, 2.24) is 15.1 Å². The van der Waals surface area contributed by atoms with Crippen molar-refractivity contribution in [3.05, 3.63) is 34.9 Å². The van der Waals surface area contributed by atoms with Crippen LogP contribution in [-0.2, 0) is 32.1 Å². The third-order valence-electron chi connectivity index (χ3n) is 6.35. The first-order valence-corrected chi connectivity index (χ1v) is 11.9. The average molecular weight is 474 g/mol. The minimum atomic E-state index is -0.598. The van der Waals surface area contributed by atoms with Crippen LogP contribution in [0.1, 0.15) is 73.9 Å². The van der Waals surface area contributed by atoms with Crippen LogP contribution in [0.3, 0.4) is 0 Å². The van der Waals surface area contributed by atoms with Gasteiger partial charge in [0.1, 0.15) is 11.8 Å². The lowest BCUT2D eigenvalue weighted by Gasteiger charge is -2.29. The largest absolute Gasteiger partial charge is 0.483 e. The van der Waals surface area contributed by atoms with Crippen molar-refractivity contribution >= 4 is 30.0 Å². The molecule has 1 aromatic carbocycles. The molecule has 1 fully saturated rings. The zero-order valence-corrected chi connectivity index (χ0v) is 20.0. The van der Waals surface area contributed by atoms with Crippen LogP contribution in [0.25, 0.3) is 0 Å². The molecule has 0 aliphatic carbocycles. The Hall–Kier alpha value is -3.07. The molecule has 2 N–H and O–H groups in total. The predicted octanol–water partition coefficient (Wildman–Crippen LogP) is 2.16. The van der Waals surface area contributed by atoms with E-state index in [0.717, 1.165) is 43.6 Å². The zero-order valence-electron chi connectivity index (χ0n) is 20.0. The Labute approximate surface area is 200 Å². The number of Topliss-reactive ketones (excluding diaryl/α,β-unsaturated/α-hetero) is 1. The third kappa shape index (κ3) is 7.48. The van der Waals surface area contributed by atoms with Crippen molar-refractivity contribution in [3.63, 3.8) is 0 Å². The van der Waals surface area contributed by atoms with Gasteiger partial charge in [-0.15, -0.1) is 0 Å². The quantitative estimate of drug-likeness (QED) is 0.287. The second-order valence-electron chi connectivity index (χ2n) is 8.52. The van der Waals surface area contributed by atoms with E-state index in [4.69, 9.17) is 9.90 Å². The Morgan fingerprint density at radius 1 is 1.18 bits per heavy atom. The van der Waals surface area contributed by atoms with E-state index in [1.165, 1.54) is 0 Å². The SMILES string of the molecule is CCN(CC)CCCCC(=O)CCc1ccc2c(c1)CN(C1CCC(=O)NC1=O)C2=O.O=CO. The molecule has 1 aromatic rings. The van der Waals surface area contributed by atoms with Gasteiger partial charge in [-0.2, -0.15) is 0 Å². The second kappa shape index (κ2) is 13.6. The summed E-state index contributed by atoms with van der Waals surface area (Å²) in [6.45, 7) is 7.57. The normalized spacial score (nSPS) is 17.2. The number of carbonyl (C=O) groups excluding carboxylic acids is 4. The second-order valence-corrected chi connectivity index (χ2v) is 8.52. The molecular weight excluding hydrogens is 438 g/mol. The van der Waals surface area contributed by atoms with Crippen molar-refractivity contribution in [2.45, 2.75) is 71.4 Å². The van der Waals surface area contributed by atoms with E-state index in [-0.39, 0.29) is 30.5 Å². The number of nitrogens with zero attached hydrogens (tertiary/aromatic N) is 2. The molecule has 3 amide bonds. The van der Waals surface area contributed by atoms with Gasteiger partial charge in [0.15, 0.2) is 0 Å². The number of unbranched alkanes of at least 4 members (excludes halogenated alkanes) is 1. The summed E-state index contributed by atoms with van der Waals surface area (Å²) in [5.41, 5.74) is 2.53. The summed E-state index contributed by atoms with van der Waals surface area (Å²) in [7, 11) is 0. The fourth-order valence-electron chi connectivity index (χ4n) is 4.39. The van der Waals surface area contributed by atoms with Crippen molar-refractivity contribution in [2.24, 2.45) is 0 Å². The monoisotopic (exact) mass is 473 g/mol. The number of nitrogens with one attached hydrogen (secondary N) is 1. The van der Waals surface area contributed by atoms with Crippen LogP contribution in [0, 0.1) is 0 Å². The van der Waals surface area contributed by atoms with Gasteiger partial charge in [0.25, 0.3) is 12.4 Å². The molecule has 1 unspecified atom stereocenters. The number of ketones is 1. The number of carbonyl (C=O) groups is 5. The Balaban J connectivity index is 0.00000129. The molecule has 186 valence electrons. The van der Waals surface area contributed by atoms with Crippen LogP contribution in [0.5, 0.6) is 0 Å². The Bertz CT molecular complexity index is 897. The van der Waals surface area contributed by atoms with Crippen molar-refractivity contribution in [3.8, 4) is 0 Å². The number of piperidine rings is 1. The Kier molecular flexibility index (Phi) is 10.9. The molecule has 1 saturated heterocycles. The Morgan fingerprint density at radius 2 is 1.88 bits per heavy atom. The van der Waals surface area contributed by atoms with Crippen LogP contribution in [0.15, 0.2) is 18.2 Å². The predicted molar refractivity (Wildman–Crippen MR) is 126 cm³/mol. The third-order valence-corrected chi connectivity index (χ3v) is 6.35. The maximum absolute atomic E-state index is 12.7. The lowest BCUT2D eigenvalue weighted by molar-refractivity contribution is -0.137. The lowest BCUT2D eigenvalue weighted by Crippen LogP contribution is -2.52. The minimum absolute atomic E-state index is 0.166. The molecule has 9 nitrogen and oxygen atoms in total. The summed E-state index contributed by atoms with van der Waals surface area (Å²) in [5, 5.41) is 9.21. The first-order chi connectivity index (χ1) is 16.3. The topological polar surface area (TPSA) is 124 Å². The number of aryl methyl sites for hydroxylation is 1. The maximum atomic E-state index is 12.7. The van der Waals surface area contributed by atoms with Gasteiger partial charge in [-0.05, 0) is 62.5 Å². The Morgan fingerprint density at radius 3 is 2.53 bits per heavy atom. The molecular formula is C25H35N3O6. The highest BCUT2D eigenvalue weighted by molar-refractivity contribution is 6.05. The van der Waals surface area contributed by atoms with Crippen molar-refractivity contribution in [1.29, 1.82) is 0 Å². The van der Waals surface area contributed by atoms with E-state index in [0.29, 0.717) is 37.8 Å². The van der Waals surface area contributed by atoms with Gasteiger partial charge in [0.05, 0.1) is 0 Å². The van der Waals surface area contributed by atoms with Gasteiger partial charge in [0.2, 0.25) is 11.8 Å². The molecule has 0 bridgehead atoms. The van der Waals surface area contributed by atoms with Crippen LogP contribution in [0.2, 0.25) is 0 Å². The summed E-state index contributed by atoms with van der Waals surface area (Å²) >= 11 is 0. The number of rotatable bonds is 11. The smallest absolute Gasteiger partial charge is 0.290 e. The fourth-order valence-corrected chi connectivity index (χ4v) is 4.39. The number of hydrogen-bond acceptors (Lipinski definition) is 6. The molecule has 0 saturated carbocycles. The summed E-state index contributed by atoms with van der Waals surface area (Å²) in [6, 6.07) is 5.08. The number of hydrogen-bond donors (Lipinski definition) is 2. The van der Waals surface area contributed by atoms with Gasteiger partial charge in [-0.1, -0.05) is 26.0 Å². The van der Waals surface area contributed by atoms with Crippen LogP contribution >= 0.6 is 0 Å². The summed E-state index contributed by atoms with van der Waals surface area (Å²) < 4.78 is 0. The highest BCUT2D eigenvalue weighted by Gasteiger charge is 2.39. The number of fused-ring (bicyclic) bond motifs is 1. The molecule has 3 rings (SSSR count). The van der Waals surface area contributed by atoms with E-state index in [2.05, 4.69) is 24.1 Å². The van der Waals surface area contributed by atoms with Crippen LogP contribution in [-0.4, -0.2) is 70.6 Å². The lowest BCUT2D eigenvalue weighted by atomic mass is 10.0. The molecule has 0 spiro atoms. The van der Waals surface area contributed by atoms with Gasteiger partial charge in [-0.3, -0.25) is 29.3 Å². The standard InChI is InChI=1S/C24H33N3O4.CH2O2/c1-3-26(4-2)14-6-5-7-19(28)10-8-17-9-11-20-18(15-17)16-27(24(20)31)21-12-13-22(29)25-23(21)30;2-1-3/h9,11,15,21H,3-8,10,12-14,16H2,1-2H3,(H,25,29,30);1H,(H,2,3). The van der Waals surface area contributed by atoms with E-state index < -0.39 is 11.9 Å². The first kappa shape index (κ1) is 27.2. The highest BCUT2D eigenvalue weighted by Crippen LogP contribution is 2.28. The molecule has 2 heterocycles. The molecule has 0 radical (unpaired) electrons. The molecule has 2 aliphatic rings. The van der Waals surface area contributed by atoms with E-state index >= 15 is 0 Å². The first-order valence-electron chi connectivity index (χ1n) is 11.9. The van der Waals surface area contributed by atoms with E-state index in [9.17, 15) is 19.2 Å². The number of amides is 3. The summed E-state index contributed by atoms with van der Waals surface area (Å²) in [4.78, 5) is 60.8. The van der Waals surface area contributed by atoms with Gasteiger partial charge < -0.3 is 14.9 Å². The molecule has 9 heteroatoms. The van der Waals surface area contributed by atoms with Crippen molar-refractivity contribution in [2.75, 3.05) is 19.6 Å². The molecule has 2 aliphatic heterocycles. The summed E-state index contributed by atoms with van der Waals surface area (Å²) in [6.07, 6.45) is 4.37. The van der Waals surface area contributed by atoms with Crippen LogP contribution < -0.4 is 5.32 Å².